The topological polar surface area (TPSA) is 84.2 Å². The maximum Gasteiger partial charge on any atom is 0.284 e. The molecule has 0 aliphatic rings. The molecule has 6 heteroatoms. The highest BCUT2D eigenvalue weighted by atomic mass is 32.2. The number of nitrogens with one attached hydrogen (secondary N) is 2. The SMILES string of the molecule is CC(C)NC(=O)Sc1ccccc1C(=O)NCCCN. The van der Waals surface area contributed by atoms with Crippen molar-refractivity contribution in [2.45, 2.75) is 31.2 Å². The maximum absolute atomic E-state index is 12.0. The number of hydrogen-bond donors (Lipinski definition) is 3. The van der Waals surface area contributed by atoms with Crippen LogP contribution in [0.3, 0.4) is 0 Å². The van der Waals surface area contributed by atoms with Crippen molar-refractivity contribution < 1.29 is 9.59 Å². The number of thioether (sulfide) groups is 1. The average molecular weight is 295 g/mol. The summed E-state index contributed by atoms with van der Waals surface area (Å²) in [6.07, 6.45) is 0.731. The van der Waals surface area contributed by atoms with E-state index in [4.69, 9.17) is 5.73 Å². The van der Waals surface area contributed by atoms with Gasteiger partial charge in [0.1, 0.15) is 0 Å². The summed E-state index contributed by atoms with van der Waals surface area (Å²) >= 11 is 1.03. The van der Waals surface area contributed by atoms with Gasteiger partial charge in [0.2, 0.25) is 0 Å². The minimum absolute atomic E-state index is 0.0699. The van der Waals surface area contributed by atoms with Crippen molar-refractivity contribution in [3.8, 4) is 0 Å². The van der Waals surface area contributed by atoms with Crippen LogP contribution in [0.25, 0.3) is 0 Å². The van der Waals surface area contributed by atoms with Gasteiger partial charge in [0.25, 0.3) is 11.1 Å². The second kappa shape index (κ2) is 8.60. The summed E-state index contributed by atoms with van der Waals surface area (Å²) in [6, 6.07) is 7.13. The van der Waals surface area contributed by atoms with E-state index in [9.17, 15) is 9.59 Å². The van der Waals surface area contributed by atoms with Crippen LogP contribution >= 0.6 is 11.8 Å². The van der Waals surface area contributed by atoms with Crippen molar-refractivity contribution in [3.63, 3.8) is 0 Å². The Hall–Kier alpha value is -1.53. The fourth-order valence-corrected chi connectivity index (χ4v) is 2.42. The van der Waals surface area contributed by atoms with E-state index in [-0.39, 0.29) is 17.2 Å². The fraction of sp³-hybridized carbons (Fsp3) is 0.429. The number of hydrogen-bond acceptors (Lipinski definition) is 4. The molecule has 0 aromatic heterocycles. The molecule has 1 rings (SSSR count). The lowest BCUT2D eigenvalue weighted by atomic mass is 10.2. The number of rotatable bonds is 6. The highest BCUT2D eigenvalue weighted by Gasteiger charge is 2.14. The molecule has 110 valence electrons. The lowest BCUT2D eigenvalue weighted by Gasteiger charge is -2.11. The molecule has 0 heterocycles. The standard InChI is InChI=1S/C14H21N3O2S/c1-10(2)17-14(19)20-12-7-4-3-6-11(12)13(18)16-9-5-8-15/h3-4,6-7,10H,5,8-9,15H2,1-2H3,(H,16,18)(H,17,19). The molecule has 0 aliphatic heterocycles. The highest BCUT2D eigenvalue weighted by molar-refractivity contribution is 8.13. The van der Waals surface area contributed by atoms with Gasteiger partial charge in [0.15, 0.2) is 0 Å². The fourth-order valence-electron chi connectivity index (χ4n) is 1.51. The third-order valence-electron chi connectivity index (χ3n) is 2.41. The second-order valence-electron chi connectivity index (χ2n) is 4.58. The molecule has 0 fully saturated rings. The normalized spacial score (nSPS) is 10.4. The van der Waals surface area contributed by atoms with E-state index in [0.29, 0.717) is 23.5 Å². The first kappa shape index (κ1) is 16.5. The number of nitrogens with two attached hydrogens (primary N) is 1. The van der Waals surface area contributed by atoms with Gasteiger partial charge in [-0.2, -0.15) is 0 Å². The zero-order chi connectivity index (χ0) is 15.0. The van der Waals surface area contributed by atoms with Crippen LogP contribution in [-0.2, 0) is 0 Å². The molecule has 2 amide bonds. The van der Waals surface area contributed by atoms with Crippen LogP contribution in [-0.4, -0.2) is 30.3 Å². The summed E-state index contributed by atoms with van der Waals surface area (Å²) in [7, 11) is 0. The first-order valence-electron chi connectivity index (χ1n) is 6.60. The van der Waals surface area contributed by atoms with Crippen molar-refractivity contribution in [1.82, 2.24) is 10.6 Å². The zero-order valence-corrected chi connectivity index (χ0v) is 12.6. The number of benzene rings is 1. The average Bonchev–Trinajstić information content (AvgIpc) is 2.38. The molecular weight excluding hydrogens is 274 g/mol. The third-order valence-corrected chi connectivity index (χ3v) is 3.29. The van der Waals surface area contributed by atoms with Crippen molar-refractivity contribution in [2.75, 3.05) is 13.1 Å². The Bertz CT molecular complexity index is 463. The van der Waals surface area contributed by atoms with Gasteiger partial charge in [-0.15, -0.1) is 0 Å². The van der Waals surface area contributed by atoms with Gasteiger partial charge in [-0.3, -0.25) is 9.59 Å². The van der Waals surface area contributed by atoms with Crippen LogP contribution in [0.2, 0.25) is 0 Å². The molecule has 1 aromatic carbocycles. The number of carbonyl (C=O) groups is 2. The molecule has 1 aromatic rings. The summed E-state index contributed by atoms with van der Waals surface area (Å²) in [5.41, 5.74) is 5.90. The molecule has 0 saturated heterocycles. The molecule has 5 nitrogen and oxygen atoms in total. The minimum atomic E-state index is -0.182. The van der Waals surface area contributed by atoms with Gasteiger partial charge in [0.05, 0.1) is 5.56 Å². The van der Waals surface area contributed by atoms with E-state index >= 15 is 0 Å². The smallest absolute Gasteiger partial charge is 0.284 e. The molecule has 0 unspecified atom stereocenters. The molecule has 0 saturated carbocycles. The van der Waals surface area contributed by atoms with Crippen LogP contribution in [0.15, 0.2) is 29.2 Å². The molecule has 4 N–H and O–H groups in total. The molecule has 0 aliphatic carbocycles. The van der Waals surface area contributed by atoms with Gasteiger partial charge in [-0.25, -0.2) is 0 Å². The first-order valence-corrected chi connectivity index (χ1v) is 7.42. The quantitative estimate of drug-likeness (QED) is 0.553. The van der Waals surface area contributed by atoms with Crippen molar-refractivity contribution >= 4 is 22.9 Å². The second-order valence-corrected chi connectivity index (χ2v) is 5.60. The predicted molar refractivity (Wildman–Crippen MR) is 82.0 cm³/mol. The van der Waals surface area contributed by atoms with Crippen LogP contribution in [0.5, 0.6) is 0 Å². The third kappa shape index (κ3) is 5.63. The van der Waals surface area contributed by atoms with E-state index in [0.717, 1.165) is 18.2 Å². The van der Waals surface area contributed by atoms with E-state index in [1.807, 2.05) is 19.9 Å². The molecule has 0 radical (unpaired) electrons. The summed E-state index contributed by atoms with van der Waals surface area (Å²) < 4.78 is 0. The van der Waals surface area contributed by atoms with Crippen molar-refractivity contribution in [3.05, 3.63) is 29.8 Å². The van der Waals surface area contributed by atoms with Gasteiger partial charge in [-0.1, -0.05) is 12.1 Å². The van der Waals surface area contributed by atoms with Crippen LogP contribution in [0.1, 0.15) is 30.6 Å². The minimum Gasteiger partial charge on any atom is -0.352 e. The Morgan fingerprint density at radius 1 is 1.30 bits per heavy atom. The summed E-state index contributed by atoms with van der Waals surface area (Å²) in [5.74, 6) is -0.182. The molecular formula is C14H21N3O2S. The van der Waals surface area contributed by atoms with Crippen molar-refractivity contribution in [1.29, 1.82) is 0 Å². The van der Waals surface area contributed by atoms with Crippen LogP contribution in [0.4, 0.5) is 4.79 Å². The van der Waals surface area contributed by atoms with E-state index in [2.05, 4.69) is 10.6 Å². The Kier molecular flexibility index (Phi) is 7.11. The summed E-state index contributed by atoms with van der Waals surface area (Å²) in [5, 5.41) is 5.41. The van der Waals surface area contributed by atoms with Gasteiger partial charge in [-0.05, 0) is 50.7 Å². The maximum atomic E-state index is 12.0. The number of carbonyl (C=O) groups excluding carboxylic acids is 2. The highest BCUT2D eigenvalue weighted by Crippen LogP contribution is 2.23. The van der Waals surface area contributed by atoms with E-state index in [1.54, 1.807) is 18.2 Å². The van der Waals surface area contributed by atoms with E-state index in [1.165, 1.54) is 0 Å². The molecule has 0 bridgehead atoms. The van der Waals surface area contributed by atoms with Crippen LogP contribution < -0.4 is 16.4 Å². The molecule has 20 heavy (non-hydrogen) atoms. The lowest BCUT2D eigenvalue weighted by molar-refractivity contribution is 0.0950. The van der Waals surface area contributed by atoms with E-state index < -0.39 is 0 Å². The largest absolute Gasteiger partial charge is 0.352 e. The Balaban J connectivity index is 2.72. The Morgan fingerprint density at radius 3 is 2.65 bits per heavy atom. The van der Waals surface area contributed by atoms with Gasteiger partial charge >= 0.3 is 0 Å². The monoisotopic (exact) mass is 295 g/mol. The lowest BCUT2D eigenvalue weighted by Crippen LogP contribution is -2.28. The Morgan fingerprint density at radius 2 is 2.00 bits per heavy atom. The first-order chi connectivity index (χ1) is 9.54. The molecule has 0 atom stereocenters. The van der Waals surface area contributed by atoms with Gasteiger partial charge in [0, 0.05) is 17.5 Å². The summed E-state index contributed by atoms with van der Waals surface area (Å²) in [4.78, 5) is 24.5. The van der Waals surface area contributed by atoms with Gasteiger partial charge < -0.3 is 16.4 Å². The van der Waals surface area contributed by atoms with Crippen LogP contribution in [0, 0.1) is 0 Å². The summed E-state index contributed by atoms with van der Waals surface area (Å²) in [6.45, 7) is 4.85. The molecule has 0 spiro atoms. The van der Waals surface area contributed by atoms with Crippen molar-refractivity contribution in [2.24, 2.45) is 5.73 Å². The zero-order valence-electron chi connectivity index (χ0n) is 11.8. The Labute approximate surface area is 123 Å². The number of amides is 2. The predicted octanol–water partition coefficient (Wildman–Crippen LogP) is 1.98.